The lowest BCUT2D eigenvalue weighted by Gasteiger charge is -2.50. The van der Waals surface area contributed by atoms with Crippen molar-refractivity contribution in [1.29, 1.82) is 0 Å². The number of benzene rings is 1. The largest absolute Gasteiger partial charge is 0.445 e. The fourth-order valence-electron chi connectivity index (χ4n) is 3.50. The zero-order chi connectivity index (χ0) is 16.3. The minimum Gasteiger partial charge on any atom is -0.445 e. The van der Waals surface area contributed by atoms with Gasteiger partial charge in [0.15, 0.2) is 0 Å². The average Bonchev–Trinajstić information content (AvgIpc) is 2.53. The van der Waals surface area contributed by atoms with Gasteiger partial charge in [-0.15, -0.1) is 12.3 Å². The van der Waals surface area contributed by atoms with E-state index in [1.54, 1.807) is 4.90 Å². The Hall–Kier alpha value is -2.03. The number of amides is 1. The number of aliphatic hydroxyl groups is 1. The Morgan fingerprint density at radius 2 is 2.00 bits per heavy atom. The topological polar surface area (TPSA) is 59.0 Å². The van der Waals surface area contributed by atoms with Gasteiger partial charge in [-0.3, -0.25) is 4.90 Å². The number of rotatable bonds is 3. The second-order valence-corrected chi connectivity index (χ2v) is 6.31. The molecule has 2 atom stereocenters. The number of nitrogens with zero attached hydrogens (tertiary/aromatic N) is 1. The third kappa shape index (κ3) is 3.49. The van der Waals surface area contributed by atoms with Crippen LogP contribution < -0.4 is 0 Å². The van der Waals surface area contributed by atoms with Crippen molar-refractivity contribution < 1.29 is 19.4 Å². The molecule has 2 unspecified atom stereocenters. The van der Waals surface area contributed by atoms with Crippen molar-refractivity contribution in [3.8, 4) is 12.3 Å². The van der Waals surface area contributed by atoms with E-state index in [9.17, 15) is 9.90 Å². The number of carbonyl (C=O) groups excluding carboxylic acids is 1. The molecule has 122 valence electrons. The minimum atomic E-state index is -0.913. The molecule has 0 aromatic heterocycles. The Bertz CT molecular complexity index is 581. The van der Waals surface area contributed by atoms with Crippen molar-refractivity contribution >= 4 is 6.09 Å². The van der Waals surface area contributed by atoms with Gasteiger partial charge in [0.05, 0.1) is 30.9 Å². The predicted molar refractivity (Wildman–Crippen MR) is 84.5 cm³/mol. The van der Waals surface area contributed by atoms with Gasteiger partial charge in [0, 0.05) is 6.42 Å². The van der Waals surface area contributed by atoms with Gasteiger partial charge in [0.2, 0.25) is 0 Å². The van der Waals surface area contributed by atoms with Gasteiger partial charge in [-0.25, -0.2) is 4.79 Å². The molecule has 5 heteroatoms. The molecule has 2 bridgehead atoms. The molecular weight excluding hydrogens is 294 g/mol. The second kappa shape index (κ2) is 6.61. The molecule has 0 radical (unpaired) electrons. The summed E-state index contributed by atoms with van der Waals surface area (Å²) in [6.45, 7) is 1.05. The van der Waals surface area contributed by atoms with Crippen LogP contribution in [0.1, 0.15) is 24.8 Å². The smallest absolute Gasteiger partial charge is 0.410 e. The number of ether oxygens (including phenoxy) is 2. The summed E-state index contributed by atoms with van der Waals surface area (Å²) in [4.78, 5) is 14.2. The summed E-state index contributed by atoms with van der Waals surface area (Å²) in [7, 11) is 0. The van der Waals surface area contributed by atoms with Gasteiger partial charge in [-0.05, 0) is 18.4 Å². The Morgan fingerprint density at radius 1 is 1.35 bits per heavy atom. The molecule has 3 rings (SSSR count). The van der Waals surface area contributed by atoms with E-state index in [2.05, 4.69) is 5.92 Å². The highest BCUT2D eigenvalue weighted by Crippen LogP contribution is 2.36. The van der Waals surface area contributed by atoms with Crippen LogP contribution in [-0.4, -0.2) is 47.0 Å². The van der Waals surface area contributed by atoms with Crippen LogP contribution in [0, 0.1) is 12.3 Å². The average molecular weight is 315 g/mol. The molecule has 0 spiro atoms. The predicted octanol–water partition coefficient (Wildman–Crippen LogP) is 1.94. The zero-order valence-corrected chi connectivity index (χ0v) is 13.0. The number of carbonyl (C=O) groups is 1. The Kier molecular flexibility index (Phi) is 4.56. The lowest BCUT2D eigenvalue weighted by molar-refractivity contribution is -0.131. The molecule has 1 aromatic rings. The van der Waals surface area contributed by atoms with Crippen molar-refractivity contribution in [2.45, 2.75) is 43.6 Å². The number of piperidine rings is 1. The third-order valence-electron chi connectivity index (χ3n) is 4.49. The number of terminal acetylenes is 1. The Morgan fingerprint density at radius 3 is 2.61 bits per heavy atom. The maximum atomic E-state index is 12.5. The maximum Gasteiger partial charge on any atom is 0.410 e. The van der Waals surface area contributed by atoms with E-state index in [4.69, 9.17) is 15.9 Å². The van der Waals surface area contributed by atoms with Crippen LogP contribution in [0.3, 0.4) is 0 Å². The molecule has 23 heavy (non-hydrogen) atoms. The van der Waals surface area contributed by atoms with E-state index in [-0.39, 0.29) is 24.8 Å². The molecule has 1 aromatic carbocycles. The van der Waals surface area contributed by atoms with Crippen LogP contribution in [0.2, 0.25) is 0 Å². The SMILES string of the molecule is C#CCC1(O)CC2COCC(C1)N2C(=O)OCc1ccccc1. The number of morpholine rings is 1. The Balaban J connectivity index is 1.65. The third-order valence-corrected chi connectivity index (χ3v) is 4.49. The van der Waals surface area contributed by atoms with E-state index < -0.39 is 5.60 Å². The second-order valence-electron chi connectivity index (χ2n) is 6.31. The summed E-state index contributed by atoms with van der Waals surface area (Å²) in [5.41, 5.74) is 0.0347. The quantitative estimate of drug-likeness (QED) is 0.866. The van der Waals surface area contributed by atoms with E-state index >= 15 is 0 Å². The van der Waals surface area contributed by atoms with Gasteiger partial charge in [0.25, 0.3) is 0 Å². The highest BCUT2D eigenvalue weighted by molar-refractivity contribution is 5.69. The summed E-state index contributed by atoms with van der Waals surface area (Å²) < 4.78 is 11.0. The number of hydrogen-bond acceptors (Lipinski definition) is 4. The first-order chi connectivity index (χ1) is 11.1. The molecule has 2 aliphatic rings. The van der Waals surface area contributed by atoms with E-state index in [0.29, 0.717) is 32.5 Å². The van der Waals surface area contributed by atoms with Crippen LogP contribution in [0.25, 0.3) is 0 Å². The van der Waals surface area contributed by atoms with Gasteiger partial charge < -0.3 is 14.6 Å². The normalized spacial score (nSPS) is 29.7. The fourth-order valence-corrected chi connectivity index (χ4v) is 3.50. The summed E-state index contributed by atoms with van der Waals surface area (Å²) in [6, 6.07) is 9.19. The van der Waals surface area contributed by atoms with Crippen molar-refractivity contribution in [3.63, 3.8) is 0 Å². The van der Waals surface area contributed by atoms with Gasteiger partial charge in [-0.1, -0.05) is 30.3 Å². The van der Waals surface area contributed by atoms with Crippen LogP contribution in [0.5, 0.6) is 0 Å². The fraction of sp³-hybridized carbons (Fsp3) is 0.500. The van der Waals surface area contributed by atoms with Crippen molar-refractivity contribution in [2.24, 2.45) is 0 Å². The van der Waals surface area contributed by atoms with Gasteiger partial charge in [0.1, 0.15) is 6.61 Å². The summed E-state index contributed by atoms with van der Waals surface area (Å²) in [5, 5.41) is 10.6. The lowest BCUT2D eigenvalue weighted by atomic mass is 9.79. The maximum absolute atomic E-state index is 12.5. The molecule has 0 aliphatic carbocycles. The highest BCUT2D eigenvalue weighted by atomic mass is 16.6. The van der Waals surface area contributed by atoms with Crippen LogP contribution >= 0.6 is 0 Å². The summed E-state index contributed by atoms with van der Waals surface area (Å²) in [5.74, 6) is 2.53. The zero-order valence-electron chi connectivity index (χ0n) is 13.0. The van der Waals surface area contributed by atoms with E-state index in [1.807, 2.05) is 30.3 Å². The monoisotopic (exact) mass is 315 g/mol. The lowest BCUT2D eigenvalue weighted by Crippen LogP contribution is -2.63. The van der Waals surface area contributed by atoms with Crippen molar-refractivity contribution in [2.75, 3.05) is 13.2 Å². The molecular formula is C18H21NO4. The molecule has 1 amide bonds. The first kappa shape index (κ1) is 15.9. The van der Waals surface area contributed by atoms with Crippen LogP contribution in [-0.2, 0) is 16.1 Å². The van der Waals surface area contributed by atoms with Crippen LogP contribution in [0.15, 0.2) is 30.3 Å². The number of hydrogen-bond donors (Lipinski definition) is 1. The van der Waals surface area contributed by atoms with Gasteiger partial charge >= 0.3 is 6.09 Å². The Labute approximate surface area is 136 Å². The summed E-state index contributed by atoms with van der Waals surface area (Å²) in [6.07, 6.45) is 6.15. The molecule has 2 saturated heterocycles. The van der Waals surface area contributed by atoms with Crippen molar-refractivity contribution in [3.05, 3.63) is 35.9 Å². The molecule has 2 fully saturated rings. The summed E-state index contributed by atoms with van der Waals surface area (Å²) >= 11 is 0. The van der Waals surface area contributed by atoms with Crippen LogP contribution in [0.4, 0.5) is 4.79 Å². The van der Waals surface area contributed by atoms with Crippen molar-refractivity contribution in [1.82, 2.24) is 4.90 Å². The first-order valence-electron chi connectivity index (χ1n) is 7.84. The van der Waals surface area contributed by atoms with E-state index in [0.717, 1.165) is 5.56 Å². The van der Waals surface area contributed by atoms with Gasteiger partial charge in [-0.2, -0.15) is 0 Å². The standard InChI is InChI=1S/C18H21NO4/c1-2-8-18(21)9-15-12-22-13-16(10-18)19(15)17(20)23-11-14-6-4-3-5-7-14/h1,3-7,15-16,21H,8-13H2. The van der Waals surface area contributed by atoms with E-state index in [1.165, 1.54) is 0 Å². The molecule has 2 heterocycles. The molecule has 5 nitrogen and oxygen atoms in total. The molecule has 0 saturated carbocycles. The minimum absolute atomic E-state index is 0.191. The first-order valence-corrected chi connectivity index (χ1v) is 7.84. The highest BCUT2D eigenvalue weighted by Gasteiger charge is 2.48. The molecule has 1 N–H and O–H groups in total. The number of fused-ring (bicyclic) bond motifs is 2. The molecule has 2 aliphatic heterocycles.